The highest BCUT2D eigenvalue weighted by molar-refractivity contribution is 8.23. The van der Waals surface area contributed by atoms with Crippen LogP contribution in [0.5, 0.6) is 0 Å². The first kappa shape index (κ1) is 14.4. The van der Waals surface area contributed by atoms with Crippen LogP contribution in [0, 0.1) is 5.92 Å². The van der Waals surface area contributed by atoms with E-state index in [-0.39, 0.29) is 11.8 Å². The van der Waals surface area contributed by atoms with E-state index < -0.39 is 12.0 Å². The lowest BCUT2D eigenvalue weighted by molar-refractivity contribution is -0.149. The van der Waals surface area contributed by atoms with Gasteiger partial charge in [0.05, 0.1) is 0 Å². The number of rotatable bonds is 4. The predicted octanol–water partition coefficient (Wildman–Crippen LogP) is 1.78. The van der Waals surface area contributed by atoms with Crippen LogP contribution >= 0.6 is 24.0 Å². The molecule has 0 radical (unpaired) electrons. The number of carboxylic acid groups (broad SMARTS) is 1. The lowest BCUT2D eigenvalue weighted by Crippen LogP contribution is -2.43. The first-order valence-electron chi connectivity index (χ1n) is 5.60. The number of thioether (sulfide) groups is 1. The number of nitrogens with zero attached hydrogens (tertiary/aromatic N) is 1. The van der Waals surface area contributed by atoms with Crippen molar-refractivity contribution in [3.63, 3.8) is 0 Å². The van der Waals surface area contributed by atoms with E-state index in [4.69, 9.17) is 17.3 Å². The van der Waals surface area contributed by atoms with Crippen molar-refractivity contribution in [2.24, 2.45) is 5.92 Å². The van der Waals surface area contributed by atoms with Crippen LogP contribution in [0.1, 0.15) is 26.7 Å². The van der Waals surface area contributed by atoms with Gasteiger partial charge in [0.15, 0.2) is 0 Å². The first-order valence-corrected chi connectivity index (χ1v) is 6.99. The summed E-state index contributed by atoms with van der Waals surface area (Å²) in [6.45, 7) is 4.21. The third kappa shape index (κ3) is 3.96. The molecule has 96 valence electrons. The van der Waals surface area contributed by atoms with E-state index in [1.54, 1.807) is 0 Å². The molecule has 6 heteroatoms. The molecule has 1 amide bonds. The number of amides is 1. The molecule has 4 nitrogen and oxygen atoms in total. The standard InChI is InChI=1S/C11H17NO3S2/c1-7(6-17-8(2)16)10(13)12-5-3-4-9(12)11(14)15/h7,9H,3-6H2,1-2H3,(H,14,15)/t7-,9+/m1/s1. The van der Waals surface area contributed by atoms with Gasteiger partial charge in [-0.2, -0.15) is 0 Å². The Hall–Kier alpha value is -0.620. The molecule has 1 fully saturated rings. The molecule has 0 aromatic rings. The maximum atomic E-state index is 12.1. The Morgan fingerprint density at radius 3 is 2.76 bits per heavy atom. The number of hydrogen-bond donors (Lipinski definition) is 1. The normalized spacial score (nSPS) is 21.3. The highest BCUT2D eigenvalue weighted by atomic mass is 32.2. The van der Waals surface area contributed by atoms with Crippen molar-refractivity contribution in [3.8, 4) is 0 Å². The van der Waals surface area contributed by atoms with Crippen LogP contribution in [-0.2, 0) is 9.59 Å². The summed E-state index contributed by atoms with van der Waals surface area (Å²) in [5.41, 5.74) is 0. The summed E-state index contributed by atoms with van der Waals surface area (Å²) >= 11 is 6.42. The summed E-state index contributed by atoms with van der Waals surface area (Å²) in [5.74, 6) is -0.532. The molecule has 1 rings (SSSR count). The van der Waals surface area contributed by atoms with Gasteiger partial charge in [0.2, 0.25) is 5.91 Å². The first-order chi connectivity index (χ1) is 7.93. The predicted molar refractivity (Wildman–Crippen MR) is 72.3 cm³/mol. The van der Waals surface area contributed by atoms with E-state index in [2.05, 4.69) is 0 Å². The van der Waals surface area contributed by atoms with Crippen molar-refractivity contribution in [1.29, 1.82) is 0 Å². The topological polar surface area (TPSA) is 57.6 Å². The van der Waals surface area contributed by atoms with Crippen LogP contribution < -0.4 is 0 Å². The molecular formula is C11H17NO3S2. The number of likely N-dealkylation sites (tertiary alicyclic amines) is 1. The second-order valence-corrected chi connectivity index (χ2v) is 6.34. The molecule has 1 heterocycles. The molecular weight excluding hydrogens is 258 g/mol. The average Bonchev–Trinajstić information content (AvgIpc) is 2.73. The van der Waals surface area contributed by atoms with Gasteiger partial charge in [-0.25, -0.2) is 4.79 Å². The Kier molecular flexibility index (Phi) is 5.39. The van der Waals surface area contributed by atoms with E-state index >= 15 is 0 Å². The third-order valence-electron chi connectivity index (χ3n) is 2.78. The van der Waals surface area contributed by atoms with Gasteiger partial charge in [-0.1, -0.05) is 19.1 Å². The minimum absolute atomic E-state index is 0.0707. The quantitative estimate of drug-likeness (QED) is 0.793. The second kappa shape index (κ2) is 6.35. The maximum absolute atomic E-state index is 12.1. The zero-order chi connectivity index (χ0) is 13.0. The summed E-state index contributed by atoms with van der Waals surface area (Å²) in [4.78, 5) is 24.6. The number of thiocarbonyl (C=S) groups is 1. The molecule has 1 aliphatic heterocycles. The number of carbonyl (C=O) groups excluding carboxylic acids is 1. The van der Waals surface area contributed by atoms with Crippen LogP contribution in [0.15, 0.2) is 0 Å². The fourth-order valence-corrected chi connectivity index (χ4v) is 2.72. The molecule has 0 aliphatic carbocycles. The number of carbonyl (C=O) groups is 2. The van der Waals surface area contributed by atoms with Gasteiger partial charge in [0.25, 0.3) is 0 Å². The van der Waals surface area contributed by atoms with Gasteiger partial charge in [-0.15, -0.1) is 11.8 Å². The molecule has 1 aliphatic rings. The fraction of sp³-hybridized carbons (Fsp3) is 0.727. The lowest BCUT2D eigenvalue weighted by atomic mass is 10.1. The number of hydrogen-bond acceptors (Lipinski definition) is 4. The molecule has 1 N–H and O–H groups in total. The summed E-state index contributed by atoms with van der Waals surface area (Å²) in [6, 6.07) is -0.636. The van der Waals surface area contributed by atoms with Gasteiger partial charge in [-0.3, -0.25) is 4.79 Å². The Bertz CT molecular complexity index is 333. The van der Waals surface area contributed by atoms with Crippen LogP contribution in [0.25, 0.3) is 0 Å². The van der Waals surface area contributed by atoms with Gasteiger partial charge in [0, 0.05) is 22.4 Å². The average molecular weight is 275 g/mol. The molecule has 0 aromatic heterocycles. The van der Waals surface area contributed by atoms with Crippen molar-refractivity contribution >= 4 is 40.1 Å². The van der Waals surface area contributed by atoms with Crippen LogP contribution in [0.2, 0.25) is 0 Å². The Morgan fingerprint density at radius 1 is 1.59 bits per heavy atom. The summed E-state index contributed by atoms with van der Waals surface area (Å²) in [6.07, 6.45) is 1.34. The monoisotopic (exact) mass is 275 g/mol. The molecule has 17 heavy (non-hydrogen) atoms. The SMILES string of the molecule is CC(=S)SC[C@@H](C)C(=O)N1CCC[C@H]1C(=O)O. The Balaban J connectivity index is 2.56. The zero-order valence-corrected chi connectivity index (χ0v) is 11.6. The lowest BCUT2D eigenvalue weighted by Gasteiger charge is -2.24. The van der Waals surface area contributed by atoms with E-state index in [1.165, 1.54) is 16.7 Å². The third-order valence-corrected chi connectivity index (χ3v) is 4.21. The summed E-state index contributed by atoms with van der Waals surface area (Å²) in [7, 11) is 0. The molecule has 0 saturated carbocycles. The van der Waals surface area contributed by atoms with E-state index in [0.29, 0.717) is 18.7 Å². The number of carboxylic acids is 1. The molecule has 0 bridgehead atoms. The molecule has 0 aromatic carbocycles. The van der Waals surface area contributed by atoms with E-state index in [1.807, 2.05) is 13.8 Å². The molecule has 2 atom stereocenters. The van der Waals surface area contributed by atoms with Gasteiger partial charge < -0.3 is 10.0 Å². The van der Waals surface area contributed by atoms with Gasteiger partial charge in [-0.05, 0) is 19.8 Å². The van der Waals surface area contributed by atoms with E-state index in [9.17, 15) is 9.59 Å². The van der Waals surface area contributed by atoms with Gasteiger partial charge in [0.1, 0.15) is 6.04 Å². The van der Waals surface area contributed by atoms with Crippen LogP contribution in [0.4, 0.5) is 0 Å². The van der Waals surface area contributed by atoms with Crippen LogP contribution in [-0.4, -0.2) is 44.4 Å². The Labute approximate surface area is 111 Å². The summed E-state index contributed by atoms with van der Waals surface area (Å²) < 4.78 is 0.806. The van der Waals surface area contributed by atoms with Crippen molar-refractivity contribution in [2.45, 2.75) is 32.7 Å². The minimum atomic E-state index is -0.901. The van der Waals surface area contributed by atoms with Gasteiger partial charge >= 0.3 is 5.97 Å². The van der Waals surface area contributed by atoms with Crippen molar-refractivity contribution < 1.29 is 14.7 Å². The zero-order valence-electron chi connectivity index (χ0n) is 10.0. The molecule has 1 saturated heterocycles. The Morgan fingerprint density at radius 2 is 2.24 bits per heavy atom. The van der Waals surface area contributed by atoms with Crippen molar-refractivity contribution in [3.05, 3.63) is 0 Å². The smallest absolute Gasteiger partial charge is 0.326 e. The summed E-state index contributed by atoms with van der Waals surface area (Å²) in [5, 5.41) is 9.01. The maximum Gasteiger partial charge on any atom is 0.326 e. The number of aliphatic carboxylic acids is 1. The highest BCUT2D eigenvalue weighted by Crippen LogP contribution is 2.21. The highest BCUT2D eigenvalue weighted by Gasteiger charge is 2.35. The van der Waals surface area contributed by atoms with Crippen LogP contribution in [0.3, 0.4) is 0 Å². The fourth-order valence-electron chi connectivity index (χ4n) is 1.88. The minimum Gasteiger partial charge on any atom is -0.480 e. The molecule has 0 unspecified atom stereocenters. The van der Waals surface area contributed by atoms with Crippen molar-refractivity contribution in [2.75, 3.05) is 12.3 Å². The second-order valence-electron chi connectivity index (χ2n) is 4.23. The molecule has 0 spiro atoms. The van der Waals surface area contributed by atoms with E-state index in [0.717, 1.165) is 10.6 Å². The largest absolute Gasteiger partial charge is 0.480 e. The van der Waals surface area contributed by atoms with Crippen molar-refractivity contribution in [1.82, 2.24) is 4.90 Å².